The van der Waals surface area contributed by atoms with Crippen molar-refractivity contribution in [3.63, 3.8) is 0 Å². The Morgan fingerprint density at radius 3 is 2.67 bits per heavy atom. The number of thioether (sulfide) groups is 1. The third-order valence-electron chi connectivity index (χ3n) is 1.71. The summed E-state index contributed by atoms with van der Waals surface area (Å²) in [6.45, 7) is -0.00424. The van der Waals surface area contributed by atoms with Gasteiger partial charge < -0.3 is 5.11 Å². The van der Waals surface area contributed by atoms with Gasteiger partial charge in [0.25, 0.3) is 0 Å². The summed E-state index contributed by atoms with van der Waals surface area (Å²) in [4.78, 5) is 11.4. The molecule has 2 nitrogen and oxygen atoms in total. The van der Waals surface area contributed by atoms with Crippen LogP contribution >= 0.6 is 11.8 Å². The third-order valence-corrected chi connectivity index (χ3v) is 2.65. The standard InChI is InChI=1S/C10H10F2O2S/c11-8-2-1-7(5-9(8)12)10(14)6-15-4-3-13/h1-2,5,13H,3-4,6H2. The van der Waals surface area contributed by atoms with Crippen LogP contribution in [0, 0.1) is 11.6 Å². The second-order valence-electron chi connectivity index (χ2n) is 2.83. The first-order valence-corrected chi connectivity index (χ1v) is 5.47. The lowest BCUT2D eigenvalue weighted by molar-refractivity contribution is 0.102. The summed E-state index contributed by atoms with van der Waals surface area (Å²) in [5, 5.41) is 8.49. The molecule has 0 heterocycles. The number of aliphatic hydroxyl groups excluding tert-OH is 1. The molecule has 0 saturated carbocycles. The van der Waals surface area contributed by atoms with Crippen molar-refractivity contribution in [3.8, 4) is 0 Å². The number of carbonyl (C=O) groups is 1. The van der Waals surface area contributed by atoms with Gasteiger partial charge in [-0.1, -0.05) is 0 Å². The number of benzene rings is 1. The monoisotopic (exact) mass is 232 g/mol. The maximum Gasteiger partial charge on any atom is 0.172 e. The van der Waals surface area contributed by atoms with Gasteiger partial charge in [0.15, 0.2) is 17.4 Å². The molecule has 0 spiro atoms. The fourth-order valence-electron chi connectivity index (χ4n) is 0.982. The predicted molar refractivity (Wildman–Crippen MR) is 55.1 cm³/mol. The molecule has 0 bridgehead atoms. The average Bonchev–Trinajstić information content (AvgIpc) is 2.22. The highest BCUT2D eigenvalue weighted by atomic mass is 32.2. The lowest BCUT2D eigenvalue weighted by atomic mass is 10.1. The van der Waals surface area contributed by atoms with Crippen LogP contribution < -0.4 is 0 Å². The van der Waals surface area contributed by atoms with Crippen LogP contribution in [0.4, 0.5) is 8.78 Å². The number of rotatable bonds is 5. The van der Waals surface area contributed by atoms with Crippen LogP contribution in [0.3, 0.4) is 0 Å². The molecule has 0 saturated heterocycles. The van der Waals surface area contributed by atoms with Crippen LogP contribution in [-0.4, -0.2) is 29.0 Å². The van der Waals surface area contributed by atoms with E-state index in [4.69, 9.17) is 5.11 Å². The van der Waals surface area contributed by atoms with Gasteiger partial charge in [0.05, 0.1) is 12.4 Å². The maximum absolute atomic E-state index is 12.8. The van der Waals surface area contributed by atoms with Gasteiger partial charge in [0.2, 0.25) is 0 Å². The van der Waals surface area contributed by atoms with Crippen molar-refractivity contribution < 1.29 is 18.7 Å². The van der Waals surface area contributed by atoms with E-state index in [9.17, 15) is 13.6 Å². The van der Waals surface area contributed by atoms with Crippen molar-refractivity contribution in [3.05, 3.63) is 35.4 Å². The normalized spacial score (nSPS) is 10.3. The summed E-state index contributed by atoms with van der Waals surface area (Å²) in [5.41, 5.74) is 0.152. The summed E-state index contributed by atoms with van der Waals surface area (Å²) in [5.74, 6) is -1.64. The van der Waals surface area contributed by atoms with E-state index < -0.39 is 11.6 Å². The van der Waals surface area contributed by atoms with Gasteiger partial charge in [-0.3, -0.25) is 4.79 Å². The minimum atomic E-state index is -1.02. The van der Waals surface area contributed by atoms with Gasteiger partial charge >= 0.3 is 0 Å². The van der Waals surface area contributed by atoms with Gasteiger partial charge in [0.1, 0.15) is 0 Å². The maximum atomic E-state index is 12.8. The topological polar surface area (TPSA) is 37.3 Å². The molecule has 1 aromatic rings. The minimum absolute atomic E-state index is 0.00424. The molecule has 0 amide bonds. The zero-order chi connectivity index (χ0) is 11.3. The van der Waals surface area contributed by atoms with Crippen molar-refractivity contribution in [2.45, 2.75) is 0 Å². The van der Waals surface area contributed by atoms with Gasteiger partial charge in [-0.15, -0.1) is 0 Å². The van der Waals surface area contributed by atoms with Crippen molar-refractivity contribution in [1.29, 1.82) is 0 Å². The molecule has 1 rings (SSSR count). The van der Waals surface area contributed by atoms with Crippen LogP contribution in [0.25, 0.3) is 0 Å². The Morgan fingerprint density at radius 2 is 2.07 bits per heavy atom. The Hall–Kier alpha value is -0.940. The van der Waals surface area contributed by atoms with E-state index >= 15 is 0 Å². The van der Waals surface area contributed by atoms with Gasteiger partial charge in [-0.2, -0.15) is 11.8 Å². The Kier molecular flexibility index (Phi) is 4.71. The van der Waals surface area contributed by atoms with Gasteiger partial charge in [0, 0.05) is 11.3 Å². The van der Waals surface area contributed by atoms with E-state index in [0.717, 1.165) is 12.1 Å². The van der Waals surface area contributed by atoms with Crippen LogP contribution in [-0.2, 0) is 0 Å². The Bertz CT molecular complexity index is 355. The molecule has 0 aliphatic heterocycles. The summed E-state index contributed by atoms with van der Waals surface area (Å²) in [7, 11) is 0. The average molecular weight is 232 g/mol. The van der Waals surface area contributed by atoms with E-state index in [-0.39, 0.29) is 23.7 Å². The molecule has 15 heavy (non-hydrogen) atoms. The molecule has 5 heteroatoms. The molecule has 1 aromatic carbocycles. The number of Topliss-reactive ketones (excluding diaryl/α,β-unsaturated/α-hetero) is 1. The van der Waals surface area contributed by atoms with Gasteiger partial charge in [-0.25, -0.2) is 8.78 Å². The van der Waals surface area contributed by atoms with E-state index in [1.165, 1.54) is 17.8 Å². The molecule has 1 N–H and O–H groups in total. The summed E-state index contributed by atoms with van der Waals surface area (Å²) >= 11 is 1.25. The van der Waals surface area contributed by atoms with E-state index in [2.05, 4.69) is 0 Å². The molecule has 0 aliphatic rings. The van der Waals surface area contributed by atoms with Gasteiger partial charge in [-0.05, 0) is 18.2 Å². The Labute approximate surface area is 90.3 Å². The number of ketones is 1. The van der Waals surface area contributed by atoms with Crippen LogP contribution in [0.1, 0.15) is 10.4 Å². The second-order valence-corrected chi connectivity index (χ2v) is 3.93. The van der Waals surface area contributed by atoms with E-state index in [1.54, 1.807) is 0 Å². The van der Waals surface area contributed by atoms with E-state index in [0.29, 0.717) is 5.75 Å². The van der Waals surface area contributed by atoms with Crippen LogP contribution in [0.15, 0.2) is 18.2 Å². The molecule has 0 aliphatic carbocycles. The van der Waals surface area contributed by atoms with Crippen molar-refractivity contribution in [1.82, 2.24) is 0 Å². The number of hydrogen-bond acceptors (Lipinski definition) is 3. The fraction of sp³-hybridized carbons (Fsp3) is 0.300. The Balaban J connectivity index is 2.62. The zero-order valence-electron chi connectivity index (χ0n) is 7.87. The quantitative estimate of drug-likeness (QED) is 0.622. The molecule has 0 fully saturated rings. The molecule has 0 aromatic heterocycles. The van der Waals surface area contributed by atoms with Crippen molar-refractivity contribution in [2.75, 3.05) is 18.1 Å². The minimum Gasteiger partial charge on any atom is -0.396 e. The molecular formula is C10H10F2O2S. The highest BCUT2D eigenvalue weighted by molar-refractivity contribution is 8.00. The lowest BCUT2D eigenvalue weighted by Crippen LogP contribution is -2.04. The molecule has 82 valence electrons. The van der Waals surface area contributed by atoms with Crippen LogP contribution in [0.2, 0.25) is 0 Å². The largest absolute Gasteiger partial charge is 0.396 e. The second kappa shape index (κ2) is 5.82. The van der Waals surface area contributed by atoms with Crippen LogP contribution in [0.5, 0.6) is 0 Å². The summed E-state index contributed by atoms with van der Waals surface area (Å²) in [6.07, 6.45) is 0. The lowest BCUT2D eigenvalue weighted by Gasteiger charge is -2.00. The molecule has 0 radical (unpaired) electrons. The number of hydrogen-bond donors (Lipinski definition) is 1. The first-order valence-electron chi connectivity index (χ1n) is 4.32. The first kappa shape index (κ1) is 12.1. The SMILES string of the molecule is O=C(CSCCO)c1ccc(F)c(F)c1. The molecule has 0 unspecified atom stereocenters. The van der Waals surface area contributed by atoms with Crippen molar-refractivity contribution >= 4 is 17.5 Å². The highest BCUT2D eigenvalue weighted by Gasteiger charge is 2.09. The van der Waals surface area contributed by atoms with E-state index in [1.807, 2.05) is 0 Å². The number of aliphatic hydroxyl groups is 1. The number of carbonyl (C=O) groups excluding carboxylic acids is 1. The summed E-state index contributed by atoms with van der Waals surface area (Å²) < 4.78 is 25.3. The highest BCUT2D eigenvalue weighted by Crippen LogP contribution is 2.11. The molecular weight excluding hydrogens is 222 g/mol. The first-order chi connectivity index (χ1) is 7.15. The smallest absolute Gasteiger partial charge is 0.172 e. The number of halogens is 2. The molecule has 0 atom stereocenters. The van der Waals surface area contributed by atoms with Crippen molar-refractivity contribution in [2.24, 2.45) is 0 Å². The zero-order valence-corrected chi connectivity index (χ0v) is 8.69. The Morgan fingerprint density at radius 1 is 1.33 bits per heavy atom. The fourth-order valence-corrected chi connectivity index (χ4v) is 1.61. The predicted octanol–water partition coefficient (Wildman–Crippen LogP) is 1.87. The third kappa shape index (κ3) is 3.60. The summed E-state index contributed by atoms with van der Waals surface area (Å²) in [6, 6.07) is 3.07.